The van der Waals surface area contributed by atoms with Crippen LogP contribution in [0.1, 0.15) is 46.1 Å². The summed E-state index contributed by atoms with van der Waals surface area (Å²) in [5.74, 6) is 0. The number of hydrogen-bond acceptors (Lipinski definition) is 1. The average Bonchev–Trinajstić information content (AvgIpc) is 2.31. The molecule has 1 nitrogen and oxygen atoms in total. The Morgan fingerprint density at radius 1 is 1.00 bits per heavy atom. The van der Waals surface area contributed by atoms with Crippen molar-refractivity contribution < 1.29 is 0 Å². The van der Waals surface area contributed by atoms with Crippen molar-refractivity contribution in [2.45, 2.75) is 59.5 Å². The molecule has 0 heterocycles. The Labute approximate surface area is 100 Å². The van der Waals surface area contributed by atoms with Crippen LogP contribution in [-0.4, -0.2) is 12.1 Å². The molecule has 1 aromatic carbocycles. The molecule has 0 bridgehead atoms. The topological polar surface area (TPSA) is 3.24 Å². The second-order valence-electron chi connectivity index (χ2n) is 4.71. The van der Waals surface area contributed by atoms with Gasteiger partial charge in [-0.3, -0.25) is 0 Å². The van der Waals surface area contributed by atoms with Crippen LogP contribution in [0.25, 0.3) is 0 Å². The summed E-state index contributed by atoms with van der Waals surface area (Å²) in [5, 5.41) is 0. The second kappa shape index (κ2) is 5.93. The van der Waals surface area contributed by atoms with Gasteiger partial charge < -0.3 is 4.90 Å². The van der Waals surface area contributed by atoms with E-state index in [1.807, 2.05) is 0 Å². The first kappa shape index (κ1) is 13.1. The fourth-order valence-corrected chi connectivity index (χ4v) is 2.16. The maximum atomic E-state index is 2.56. The quantitative estimate of drug-likeness (QED) is 0.709. The molecule has 0 aromatic heterocycles. The second-order valence-corrected chi connectivity index (χ2v) is 4.71. The minimum atomic E-state index is 0.607. The lowest BCUT2D eigenvalue weighted by Crippen LogP contribution is -2.40. The lowest BCUT2D eigenvalue weighted by molar-refractivity contribution is 0.526. The van der Waals surface area contributed by atoms with Gasteiger partial charge in [0.25, 0.3) is 0 Å². The zero-order valence-electron chi connectivity index (χ0n) is 11.3. The number of nitrogens with zero attached hydrogens (tertiary/aromatic N) is 1. The molecule has 0 saturated carbocycles. The van der Waals surface area contributed by atoms with Crippen molar-refractivity contribution in [2.75, 3.05) is 4.90 Å². The van der Waals surface area contributed by atoms with E-state index in [2.05, 4.69) is 63.8 Å². The molecule has 2 atom stereocenters. The van der Waals surface area contributed by atoms with Gasteiger partial charge in [0, 0.05) is 17.8 Å². The van der Waals surface area contributed by atoms with E-state index < -0.39 is 0 Å². The molecule has 0 aliphatic heterocycles. The predicted octanol–water partition coefficient (Wildman–Crippen LogP) is 4.40. The summed E-state index contributed by atoms with van der Waals surface area (Å²) in [5.41, 5.74) is 2.77. The molecule has 1 heteroatoms. The van der Waals surface area contributed by atoms with Gasteiger partial charge in [-0.2, -0.15) is 0 Å². The molecule has 0 amide bonds. The molecule has 90 valence electrons. The molecular formula is C15H25N. The van der Waals surface area contributed by atoms with Crippen molar-refractivity contribution in [1.29, 1.82) is 0 Å². The highest BCUT2D eigenvalue weighted by Gasteiger charge is 2.19. The van der Waals surface area contributed by atoms with E-state index in [1.54, 1.807) is 0 Å². The molecule has 1 aromatic rings. The highest BCUT2D eigenvalue weighted by Crippen LogP contribution is 2.26. The van der Waals surface area contributed by atoms with E-state index in [9.17, 15) is 0 Å². The number of anilines is 1. The molecule has 0 spiro atoms. The number of para-hydroxylation sites is 1. The van der Waals surface area contributed by atoms with Crippen molar-refractivity contribution in [3.63, 3.8) is 0 Å². The summed E-state index contributed by atoms with van der Waals surface area (Å²) in [4.78, 5) is 2.56. The normalized spacial score (nSPS) is 14.6. The molecule has 0 saturated heterocycles. The molecule has 0 aliphatic rings. The Morgan fingerprint density at radius 2 is 1.50 bits per heavy atom. The van der Waals surface area contributed by atoms with Gasteiger partial charge >= 0.3 is 0 Å². The third-order valence-corrected chi connectivity index (χ3v) is 3.53. The van der Waals surface area contributed by atoms with E-state index in [0.29, 0.717) is 12.1 Å². The summed E-state index contributed by atoms with van der Waals surface area (Å²) >= 11 is 0. The zero-order valence-corrected chi connectivity index (χ0v) is 11.3. The molecule has 0 radical (unpaired) electrons. The van der Waals surface area contributed by atoms with E-state index in [0.717, 1.165) is 0 Å². The van der Waals surface area contributed by atoms with Gasteiger partial charge in [0.05, 0.1) is 0 Å². The fourth-order valence-electron chi connectivity index (χ4n) is 2.16. The van der Waals surface area contributed by atoms with Crippen LogP contribution in [0, 0.1) is 6.92 Å². The van der Waals surface area contributed by atoms with Crippen LogP contribution in [0.2, 0.25) is 0 Å². The summed E-state index contributed by atoms with van der Waals surface area (Å²) in [7, 11) is 0. The van der Waals surface area contributed by atoms with Gasteiger partial charge in [-0.1, -0.05) is 32.0 Å². The molecule has 16 heavy (non-hydrogen) atoms. The van der Waals surface area contributed by atoms with Crippen molar-refractivity contribution >= 4 is 5.69 Å². The number of aryl methyl sites for hydroxylation is 1. The van der Waals surface area contributed by atoms with Crippen LogP contribution in [0.3, 0.4) is 0 Å². The summed E-state index contributed by atoms with van der Waals surface area (Å²) < 4.78 is 0. The van der Waals surface area contributed by atoms with Crippen LogP contribution in [0.5, 0.6) is 0 Å². The standard InChI is InChI=1S/C15H25N/c1-6-13(4)16(14(5)7-2)15-11-9-8-10-12(15)3/h8-11,13-14H,6-7H2,1-5H3. The fraction of sp³-hybridized carbons (Fsp3) is 0.600. The van der Waals surface area contributed by atoms with Crippen LogP contribution in [-0.2, 0) is 0 Å². The molecular weight excluding hydrogens is 194 g/mol. The molecule has 0 N–H and O–H groups in total. The Morgan fingerprint density at radius 3 is 1.94 bits per heavy atom. The van der Waals surface area contributed by atoms with Crippen LogP contribution in [0.4, 0.5) is 5.69 Å². The first-order valence-corrected chi connectivity index (χ1v) is 6.45. The third-order valence-electron chi connectivity index (χ3n) is 3.53. The van der Waals surface area contributed by atoms with E-state index in [-0.39, 0.29) is 0 Å². The predicted molar refractivity (Wildman–Crippen MR) is 73.2 cm³/mol. The lowest BCUT2D eigenvalue weighted by atomic mass is 10.1. The van der Waals surface area contributed by atoms with Crippen LogP contribution >= 0.6 is 0 Å². The Kier molecular flexibility index (Phi) is 4.85. The SMILES string of the molecule is CCC(C)N(c1ccccc1C)C(C)CC. The van der Waals surface area contributed by atoms with E-state index >= 15 is 0 Å². The van der Waals surface area contributed by atoms with Gasteiger partial charge in [0.2, 0.25) is 0 Å². The Bertz CT molecular complexity index is 309. The third kappa shape index (κ3) is 2.78. The number of hydrogen-bond donors (Lipinski definition) is 0. The summed E-state index contributed by atoms with van der Waals surface area (Å²) in [6.45, 7) is 11.4. The molecule has 0 fully saturated rings. The Hall–Kier alpha value is -0.980. The van der Waals surface area contributed by atoms with E-state index in [4.69, 9.17) is 0 Å². The average molecular weight is 219 g/mol. The van der Waals surface area contributed by atoms with E-state index in [1.165, 1.54) is 24.1 Å². The molecule has 2 unspecified atom stereocenters. The first-order valence-electron chi connectivity index (χ1n) is 6.45. The monoisotopic (exact) mass is 219 g/mol. The minimum Gasteiger partial charge on any atom is -0.366 e. The van der Waals surface area contributed by atoms with Crippen molar-refractivity contribution in [2.24, 2.45) is 0 Å². The van der Waals surface area contributed by atoms with Crippen molar-refractivity contribution in [3.05, 3.63) is 29.8 Å². The van der Waals surface area contributed by atoms with Gasteiger partial charge in [0.1, 0.15) is 0 Å². The largest absolute Gasteiger partial charge is 0.366 e. The smallest absolute Gasteiger partial charge is 0.0400 e. The van der Waals surface area contributed by atoms with Gasteiger partial charge in [-0.25, -0.2) is 0 Å². The Balaban J connectivity index is 3.06. The highest BCUT2D eigenvalue weighted by molar-refractivity contribution is 5.54. The van der Waals surface area contributed by atoms with Crippen molar-refractivity contribution in [3.8, 4) is 0 Å². The molecule has 1 rings (SSSR count). The van der Waals surface area contributed by atoms with Gasteiger partial charge in [0.15, 0.2) is 0 Å². The van der Waals surface area contributed by atoms with Crippen molar-refractivity contribution in [1.82, 2.24) is 0 Å². The maximum Gasteiger partial charge on any atom is 0.0400 e. The number of benzene rings is 1. The zero-order chi connectivity index (χ0) is 12.1. The number of rotatable bonds is 5. The van der Waals surface area contributed by atoms with Gasteiger partial charge in [-0.15, -0.1) is 0 Å². The first-order chi connectivity index (χ1) is 7.61. The minimum absolute atomic E-state index is 0.607. The molecule has 0 aliphatic carbocycles. The maximum absolute atomic E-state index is 2.56. The van der Waals surface area contributed by atoms with Gasteiger partial charge in [-0.05, 0) is 45.2 Å². The highest BCUT2D eigenvalue weighted by atomic mass is 15.2. The van der Waals surface area contributed by atoms with Crippen LogP contribution < -0.4 is 4.90 Å². The van der Waals surface area contributed by atoms with Crippen LogP contribution in [0.15, 0.2) is 24.3 Å². The lowest BCUT2D eigenvalue weighted by Gasteiger charge is -2.37. The summed E-state index contributed by atoms with van der Waals surface area (Å²) in [6, 6.07) is 9.91. The summed E-state index contributed by atoms with van der Waals surface area (Å²) in [6.07, 6.45) is 2.39.